The first-order valence-corrected chi connectivity index (χ1v) is 13.3. The van der Waals surface area contributed by atoms with E-state index in [1.54, 1.807) is 14.2 Å². The van der Waals surface area contributed by atoms with Gasteiger partial charge in [-0.2, -0.15) is 0 Å². The fraction of sp³-hybridized carbons (Fsp3) is 0.517. The summed E-state index contributed by atoms with van der Waals surface area (Å²) in [4.78, 5) is 31.1. The van der Waals surface area contributed by atoms with E-state index in [1.807, 2.05) is 51.1 Å². The lowest BCUT2D eigenvalue weighted by atomic mass is 10.1. The number of methoxy groups -OCH3 is 2. The smallest absolute Gasteiger partial charge is 0.324 e. The molecule has 0 aliphatic carbocycles. The summed E-state index contributed by atoms with van der Waals surface area (Å²) in [5.74, 6) is 2.27. The highest BCUT2D eigenvalue weighted by atomic mass is 16.5. The molecule has 8 heteroatoms. The molecule has 2 aliphatic heterocycles. The summed E-state index contributed by atoms with van der Waals surface area (Å²) >= 11 is 0. The molecule has 0 radical (unpaired) electrons. The number of likely N-dealkylation sites (tertiary alicyclic amines) is 1. The summed E-state index contributed by atoms with van der Waals surface area (Å²) in [6, 6.07) is 11.7. The van der Waals surface area contributed by atoms with E-state index in [0.29, 0.717) is 50.7 Å². The molecule has 0 saturated carbocycles. The molecule has 2 saturated heterocycles. The third-order valence-electron chi connectivity index (χ3n) is 7.03. The van der Waals surface area contributed by atoms with Crippen LogP contribution in [0.2, 0.25) is 0 Å². The number of carbonyl (C=O) groups excluding carboxylic acids is 2. The van der Waals surface area contributed by atoms with Crippen LogP contribution in [-0.2, 0) is 17.9 Å². The number of ether oxygens (including phenoxy) is 3. The van der Waals surface area contributed by atoms with Crippen LogP contribution < -0.4 is 19.1 Å². The van der Waals surface area contributed by atoms with Crippen molar-refractivity contribution in [2.45, 2.75) is 58.5 Å². The Morgan fingerprint density at radius 3 is 2.35 bits per heavy atom. The maximum absolute atomic E-state index is 13.5. The Kier molecular flexibility index (Phi) is 9.14. The van der Waals surface area contributed by atoms with Crippen LogP contribution in [0, 0.1) is 0 Å². The maximum Gasteiger partial charge on any atom is 0.324 e. The number of hydrogen-bond acceptors (Lipinski definition) is 5. The zero-order valence-electron chi connectivity index (χ0n) is 22.3. The normalized spacial score (nSPS) is 15.9. The van der Waals surface area contributed by atoms with Gasteiger partial charge in [-0.05, 0) is 43.0 Å². The van der Waals surface area contributed by atoms with Crippen molar-refractivity contribution in [2.75, 3.05) is 45.4 Å². The summed E-state index contributed by atoms with van der Waals surface area (Å²) in [6.45, 7) is 5.96. The Labute approximate surface area is 220 Å². The van der Waals surface area contributed by atoms with Crippen LogP contribution in [0.5, 0.6) is 17.2 Å². The molecule has 8 nitrogen and oxygen atoms in total. The number of benzene rings is 2. The highest BCUT2D eigenvalue weighted by Crippen LogP contribution is 2.34. The first-order valence-electron chi connectivity index (χ1n) is 13.3. The fourth-order valence-electron chi connectivity index (χ4n) is 4.96. The molecule has 2 aliphatic rings. The van der Waals surface area contributed by atoms with Gasteiger partial charge in [-0.25, -0.2) is 4.79 Å². The zero-order valence-corrected chi connectivity index (χ0v) is 22.3. The monoisotopic (exact) mass is 509 g/mol. The number of amides is 3. The van der Waals surface area contributed by atoms with Crippen LogP contribution in [0.4, 0.5) is 10.5 Å². The maximum atomic E-state index is 13.5. The molecule has 0 N–H and O–H groups in total. The van der Waals surface area contributed by atoms with Crippen LogP contribution in [0.1, 0.15) is 56.6 Å². The Balaban J connectivity index is 1.45. The van der Waals surface area contributed by atoms with Gasteiger partial charge in [0, 0.05) is 49.9 Å². The first kappa shape index (κ1) is 26.6. The molecule has 200 valence electrons. The van der Waals surface area contributed by atoms with Gasteiger partial charge in [0.1, 0.15) is 5.75 Å². The van der Waals surface area contributed by atoms with Gasteiger partial charge in [0.15, 0.2) is 11.5 Å². The number of carbonyl (C=O) groups is 2. The minimum absolute atomic E-state index is 0.0397. The molecule has 0 unspecified atom stereocenters. The van der Waals surface area contributed by atoms with Crippen molar-refractivity contribution in [3.8, 4) is 17.2 Å². The van der Waals surface area contributed by atoms with Gasteiger partial charge in [-0.15, -0.1) is 0 Å². The summed E-state index contributed by atoms with van der Waals surface area (Å²) < 4.78 is 17.2. The number of nitrogens with zero attached hydrogens (tertiary/aromatic N) is 3. The van der Waals surface area contributed by atoms with Gasteiger partial charge in [-0.1, -0.05) is 31.9 Å². The van der Waals surface area contributed by atoms with Gasteiger partial charge in [0.25, 0.3) is 0 Å². The van der Waals surface area contributed by atoms with E-state index in [-0.39, 0.29) is 11.9 Å². The molecule has 3 amide bonds. The van der Waals surface area contributed by atoms with Crippen molar-refractivity contribution >= 4 is 17.6 Å². The van der Waals surface area contributed by atoms with Crippen LogP contribution in [-0.4, -0.2) is 62.2 Å². The van der Waals surface area contributed by atoms with Crippen molar-refractivity contribution in [1.82, 2.24) is 9.80 Å². The summed E-state index contributed by atoms with van der Waals surface area (Å²) in [5, 5.41) is 0. The quantitative estimate of drug-likeness (QED) is 0.367. The number of unbranched alkanes of at least 4 members (excludes halogenated alkanes) is 2. The predicted molar refractivity (Wildman–Crippen MR) is 143 cm³/mol. The summed E-state index contributed by atoms with van der Waals surface area (Å²) in [6.07, 6.45) is 5.63. The lowest BCUT2D eigenvalue weighted by molar-refractivity contribution is -0.128. The van der Waals surface area contributed by atoms with Crippen LogP contribution >= 0.6 is 0 Å². The summed E-state index contributed by atoms with van der Waals surface area (Å²) in [5.41, 5.74) is 2.79. The van der Waals surface area contributed by atoms with Crippen molar-refractivity contribution in [3.05, 3.63) is 47.5 Å². The second-order valence-corrected chi connectivity index (χ2v) is 9.67. The van der Waals surface area contributed by atoms with E-state index >= 15 is 0 Å². The molecule has 0 bridgehead atoms. The predicted octanol–water partition coefficient (Wildman–Crippen LogP) is 5.23. The average Bonchev–Trinajstić information content (AvgIpc) is 3.32. The second kappa shape index (κ2) is 12.7. The van der Waals surface area contributed by atoms with Crippen LogP contribution in [0.3, 0.4) is 0 Å². The van der Waals surface area contributed by atoms with Gasteiger partial charge in [0.05, 0.1) is 27.4 Å². The third-order valence-corrected chi connectivity index (χ3v) is 7.03. The number of urea groups is 1. The molecular formula is C29H39N3O5. The largest absolute Gasteiger partial charge is 0.496 e. The van der Waals surface area contributed by atoms with Gasteiger partial charge < -0.3 is 24.0 Å². The molecule has 2 heterocycles. The number of rotatable bonds is 12. The molecule has 37 heavy (non-hydrogen) atoms. The fourth-order valence-corrected chi connectivity index (χ4v) is 4.96. The Morgan fingerprint density at radius 2 is 1.62 bits per heavy atom. The molecule has 4 rings (SSSR count). The van der Waals surface area contributed by atoms with Gasteiger partial charge in [-0.3, -0.25) is 9.69 Å². The Bertz CT molecular complexity index is 1090. The van der Waals surface area contributed by atoms with Crippen molar-refractivity contribution in [2.24, 2.45) is 0 Å². The second-order valence-electron chi connectivity index (χ2n) is 9.67. The highest BCUT2D eigenvalue weighted by molar-refractivity contribution is 5.93. The standard InChI is InChI=1S/C29H39N3O5/c1-4-5-6-17-37-27-19-24(12-13-25(27)35-2)32-16-8-15-31(29(32)34)21-23-11-10-22(18-26(23)36-3)20-30-14-7-9-28(30)33/h10-13,18-19H,4-9,14-17,20-21H2,1-3H3. The van der Waals surface area contributed by atoms with E-state index in [4.69, 9.17) is 14.2 Å². The molecule has 2 aromatic carbocycles. The minimum atomic E-state index is -0.0397. The average molecular weight is 510 g/mol. The van der Waals surface area contributed by atoms with Gasteiger partial charge >= 0.3 is 6.03 Å². The molecule has 2 aromatic rings. The molecule has 0 atom stereocenters. The molecule has 0 aromatic heterocycles. The first-order chi connectivity index (χ1) is 18.0. The van der Waals surface area contributed by atoms with Crippen LogP contribution in [0.15, 0.2) is 36.4 Å². The summed E-state index contributed by atoms with van der Waals surface area (Å²) in [7, 11) is 3.27. The van der Waals surface area contributed by atoms with Crippen molar-refractivity contribution in [1.29, 1.82) is 0 Å². The zero-order chi connectivity index (χ0) is 26.2. The van der Waals surface area contributed by atoms with Crippen molar-refractivity contribution < 1.29 is 23.8 Å². The SMILES string of the molecule is CCCCCOc1cc(N2CCCN(Cc3ccc(CN4CCCC4=O)cc3OC)C2=O)ccc1OC. The third kappa shape index (κ3) is 6.48. The van der Waals surface area contributed by atoms with E-state index in [1.165, 1.54) is 0 Å². The van der Waals surface area contributed by atoms with E-state index in [0.717, 1.165) is 61.2 Å². The van der Waals surface area contributed by atoms with Gasteiger partial charge in [0.2, 0.25) is 5.91 Å². The Hall–Kier alpha value is -3.42. The van der Waals surface area contributed by atoms with E-state index < -0.39 is 0 Å². The lowest BCUT2D eigenvalue weighted by Gasteiger charge is -2.36. The van der Waals surface area contributed by atoms with Crippen molar-refractivity contribution in [3.63, 3.8) is 0 Å². The Morgan fingerprint density at radius 1 is 0.811 bits per heavy atom. The minimum Gasteiger partial charge on any atom is -0.496 e. The lowest BCUT2D eigenvalue weighted by Crippen LogP contribution is -2.49. The number of hydrogen-bond donors (Lipinski definition) is 0. The topological polar surface area (TPSA) is 71.5 Å². The molecule has 2 fully saturated rings. The van der Waals surface area contributed by atoms with E-state index in [2.05, 4.69) is 6.92 Å². The highest BCUT2D eigenvalue weighted by Gasteiger charge is 2.28. The molecule has 0 spiro atoms. The molecular weight excluding hydrogens is 470 g/mol. The van der Waals surface area contributed by atoms with E-state index in [9.17, 15) is 9.59 Å². The number of anilines is 1. The van der Waals surface area contributed by atoms with Crippen LogP contribution in [0.25, 0.3) is 0 Å².